The molecule has 5 heterocycles. The first-order chi connectivity index (χ1) is 14.6. The Kier molecular flexibility index (Phi) is 4.09. The third kappa shape index (κ3) is 2.82. The number of hydrogen-bond acceptors (Lipinski definition) is 5. The highest BCUT2D eigenvalue weighted by Crippen LogP contribution is 2.44. The number of alkyl halides is 2. The number of aromatic amines is 1. The van der Waals surface area contributed by atoms with Crippen LogP contribution in [-0.2, 0) is 7.05 Å². The molecule has 9 heteroatoms. The van der Waals surface area contributed by atoms with Gasteiger partial charge in [-0.1, -0.05) is 0 Å². The molecule has 2 bridgehead atoms. The monoisotopic (exact) mass is 413 g/mol. The Balaban J connectivity index is 1.25. The van der Waals surface area contributed by atoms with E-state index in [0.29, 0.717) is 31.0 Å². The first-order valence-electron chi connectivity index (χ1n) is 10.7. The second-order valence-corrected chi connectivity index (χ2v) is 8.97. The summed E-state index contributed by atoms with van der Waals surface area (Å²) in [4.78, 5) is 17.6. The molecule has 158 valence electrons. The van der Waals surface area contributed by atoms with Crippen molar-refractivity contribution in [2.75, 3.05) is 18.0 Å². The van der Waals surface area contributed by atoms with Crippen LogP contribution in [0.5, 0.6) is 0 Å². The quantitative estimate of drug-likeness (QED) is 0.712. The predicted molar refractivity (Wildman–Crippen MR) is 109 cm³/mol. The summed E-state index contributed by atoms with van der Waals surface area (Å²) in [5.74, 6) is 0.370. The second-order valence-electron chi connectivity index (χ2n) is 8.97. The van der Waals surface area contributed by atoms with E-state index in [9.17, 15) is 8.78 Å². The lowest BCUT2D eigenvalue weighted by molar-refractivity contribution is -0.0414. The molecule has 0 unspecified atom stereocenters. The Morgan fingerprint density at radius 2 is 1.90 bits per heavy atom. The molecule has 6 rings (SSSR count). The van der Waals surface area contributed by atoms with Crippen LogP contribution in [0, 0.1) is 5.92 Å². The minimum absolute atomic E-state index is 0.337. The number of halogens is 2. The van der Waals surface area contributed by atoms with Gasteiger partial charge in [0.05, 0.1) is 17.4 Å². The van der Waals surface area contributed by atoms with Crippen molar-refractivity contribution in [1.29, 1.82) is 0 Å². The van der Waals surface area contributed by atoms with Gasteiger partial charge in [-0.2, -0.15) is 5.10 Å². The van der Waals surface area contributed by atoms with Crippen molar-refractivity contribution in [3.63, 3.8) is 0 Å². The van der Waals surface area contributed by atoms with Gasteiger partial charge in [-0.15, -0.1) is 0 Å². The number of imidazole rings is 1. The summed E-state index contributed by atoms with van der Waals surface area (Å²) in [6, 6.07) is 3.25. The number of nitrogens with one attached hydrogen (secondary N) is 1. The van der Waals surface area contributed by atoms with Crippen LogP contribution in [-0.4, -0.2) is 67.3 Å². The van der Waals surface area contributed by atoms with Crippen LogP contribution in [0.4, 0.5) is 14.5 Å². The number of fused-ring (bicyclic) bond motifs is 3. The molecule has 0 aromatic carbocycles. The van der Waals surface area contributed by atoms with Gasteiger partial charge in [-0.3, -0.25) is 9.58 Å². The molecule has 1 aliphatic carbocycles. The van der Waals surface area contributed by atoms with E-state index in [-0.39, 0.29) is 0 Å². The first kappa shape index (κ1) is 18.2. The smallest absolute Gasteiger partial charge is 0.241 e. The fourth-order valence-electron chi connectivity index (χ4n) is 5.64. The van der Waals surface area contributed by atoms with Gasteiger partial charge in [0, 0.05) is 56.6 Å². The average Bonchev–Trinajstić information content (AvgIpc) is 3.36. The number of rotatable bonds is 4. The van der Waals surface area contributed by atoms with Gasteiger partial charge in [0.25, 0.3) is 0 Å². The van der Waals surface area contributed by atoms with Crippen LogP contribution in [0.15, 0.2) is 24.7 Å². The minimum Gasteiger partial charge on any atom is -0.366 e. The molecule has 0 amide bonds. The van der Waals surface area contributed by atoms with Gasteiger partial charge in [0.1, 0.15) is 11.3 Å². The molecule has 2 saturated heterocycles. The molecular weight excluding hydrogens is 388 g/mol. The predicted octanol–water partition coefficient (Wildman–Crippen LogP) is 3.06. The first-order valence-corrected chi connectivity index (χ1v) is 10.7. The summed E-state index contributed by atoms with van der Waals surface area (Å²) in [5, 5.41) is 4.23. The van der Waals surface area contributed by atoms with Crippen LogP contribution < -0.4 is 4.90 Å². The number of hydrogen-bond donors (Lipinski definition) is 1. The van der Waals surface area contributed by atoms with E-state index in [4.69, 9.17) is 4.98 Å². The Bertz CT molecular complexity index is 1060. The summed E-state index contributed by atoms with van der Waals surface area (Å²) >= 11 is 0. The topological polar surface area (TPSA) is 65.9 Å². The van der Waals surface area contributed by atoms with Crippen molar-refractivity contribution < 1.29 is 8.78 Å². The third-order valence-electron chi connectivity index (χ3n) is 7.15. The zero-order valence-corrected chi connectivity index (χ0v) is 16.9. The van der Waals surface area contributed by atoms with E-state index in [1.807, 2.05) is 25.5 Å². The molecule has 2 atom stereocenters. The highest BCUT2D eigenvalue weighted by Gasteiger charge is 2.48. The van der Waals surface area contributed by atoms with E-state index < -0.39 is 12.3 Å². The van der Waals surface area contributed by atoms with Crippen LogP contribution in [0.25, 0.3) is 22.6 Å². The summed E-state index contributed by atoms with van der Waals surface area (Å²) in [7, 11) is 1.89. The second kappa shape index (κ2) is 6.73. The number of anilines is 1. The molecule has 3 aromatic rings. The lowest BCUT2D eigenvalue weighted by atomic mass is 9.78. The summed E-state index contributed by atoms with van der Waals surface area (Å²) in [6.07, 6.45) is 6.98. The normalized spacial score (nSPS) is 29.1. The van der Waals surface area contributed by atoms with E-state index in [1.54, 1.807) is 10.9 Å². The van der Waals surface area contributed by atoms with Gasteiger partial charge in [0.2, 0.25) is 6.43 Å². The number of aromatic nitrogens is 5. The Labute approximate surface area is 173 Å². The minimum atomic E-state index is -2.17. The van der Waals surface area contributed by atoms with Gasteiger partial charge in [-0.05, 0) is 31.7 Å². The number of nitrogens with zero attached hydrogens (tertiary/aromatic N) is 6. The van der Waals surface area contributed by atoms with Gasteiger partial charge in [0.15, 0.2) is 5.65 Å². The summed E-state index contributed by atoms with van der Waals surface area (Å²) in [5.41, 5.74) is 3.69. The molecule has 3 aliphatic rings. The molecule has 2 aliphatic heterocycles. The Morgan fingerprint density at radius 3 is 2.57 bits per heavy atom. The number of piperazine rings is 1. The maximum atomic E-state index is 12.9. The largest absolute Gasteiger partial charge is 0.366 e. The van der Waals surface area contributed by atoms with E-state index >= 15 is 0 Å². The van der Waals surface area contributed by atoms with Crippen molar-refractivity contribution in [1.82, 2.24) is 29.6 Å². The number of pyridine rings is 1. The molecule has 0 spiro atoms. The maximum Gasteiger partial charge on any atom is 0.241 e. The van der Waals surface area contributed by atoms with E-state index in [0.717, 1.165) is 54.2 Å². The SMILES string of the molecule is Cn1cc(-c2nc3c(N4C[C@H]5CC[C@@H](C4)N5C4CC(C(F)F)C4)ccnc3[nH]2)cn1. The van der Waals surface area contributed by atoms with Crippen LogP contribution in [0.1, 0.15) is 25.7 Å². The number of aryl methyl sites for hydroxylation is 1. The molecule has 7 nitrogen and oxygen atoms in total. The summed E-state index contributed by atoms with van der Waals surface area (Å²) in [6.45, 7) is 1.83. The maximum absolute atomic E-state index is 12.9. The number of H-pyrrole nitrogens is 1. The van der Waals surface area contributed by atoms with Crippen molar-refractivity contribution in [2.24, 2.45) is 13.0 Å². The highest BCUT2D eigenvalue weighted by atomic mass is 19.3. The lowest BCUT2D eigenvalue weighted by Crippen LogP contribution is -2.60. The van der Waals surface area contributed by atoms with Gasteiger partial charge in [-0.25, -0.2) is 18.7 Å². The molecule has 1 N–H and O–H groups in total. The average molecular weight is 413 g/mol. The fraction of sp³-hybridized carbons (Fsp3) is 0.571. The van der Waals surface area contributed by atoms with Crippen molar-refractivity contribution in [3.8, 4) is 11.4 Å². The van der Waals surface area contributed by atoms with Crippen molar-refractivity contribution in [2.45, 2.75) is 50.2 Å². The highest BCUT2D eigenvalue weighted by molar-refractivity contribution is 5.88. The zero-order valence-electron chi connectivity index (χ0n) is 16.9. The van der Waals surface area contributed by atoms with Gasteiger partial charge < -0.3 is 9.88 Å². The third-order valence-corrected chi connectivity index (χ3v) is 7.15. The fourth-order valence-corrected chi connectivity index (χ4v) is 5.64. The molecule has 3 fully saturated rings. The Hall–Kier alpha value is -2.55. The summed E-state index contributed by atoms with van der Waals surface area (Å²) < 4.78 is 27.6. The molecule has 1 saturated carbocycles. The molecule has 3 aromatic heterocycles. The molecule has 30 heavy (non-hydrogen) atoms. The lowest BCUT2D eigenvalue weighted by Gasteiger charge is -2.50. The van der Waals surface area contributed by atoms with Crippen molar-refractivity contribution in [3.05, 3.63) is 24.7 Å². The van der Waals surface area contributed by atoms with Crippen LogP contribution >= 0.6 is 0 Å². The van der Waals surface area contributed by atoms with Crippen LogP contribution in [0.2, 0.25) is 0 Å². The standard InChI is InChI=1S/C21H25F2N7/c1-28-9-13(8-25-28)20-26-18-17(4-5-24-21(18)27-20)29-10-14-2-3-15(11-29)30(14)16-6-12(7-16)19(22)23/h4-5,8-9,12,14-16,19H,2-3,6-7,10-11H2,1H3,(H,24,26,27)/t12?,14-,15+,16?. The zero-order chi connectivity index (χ0) is 20.4. The van der Waals surface area contributed by atoms with E-state index in [2.05, 4.69) is 24.9 Å². The van der Waals surface area contributed by atoms with E-state index in [1.165, 1.54) is 0 Å². The van der Waals surface area contributed by atoms with Crippen LogP contribution in [0.3, 0.4) is 0 Å². The van der Waals surface area contributed by atoms with Gasteiger partial charge >= 0.3 is 0 Å². The molecular formula is C21H25F2N7. The van der Waals surface area contributed by atoms with Crippen molar-refractivity contribution >= 4 is 16.9 Å². The Morgan fingerprint density at radius 1 is 1.13 bits per heavy atom. The molecule has 0 radical (unpaired) electrons.